The number of hydrogen-bond donors (Lipinski definition) is 2. The summed E-state index contributed by atoms with van der Waals surface area (Å²) in [6.07, 6.45) is 0.498. The van der Waals surface area contributed by atoms with Gasteiger partial charge in [0, 0.05) is 44.7 Å². The van der Waals surface area contributed by atoms with E-state index in [1.54, 1.807) is 0 Å². The topological polar surface area (TPSA) is 65.0 Å². The van der Waals surface area contributed by atoms with Crippen LogP contribution in [0, 0.1) is 0 Å². The summed E-state index contributed by atoms with van der Waals surface area (Å²) in [7, 11) is 0. The van der Waals surface area contributed by atoms with Crippen LogP contribution in [0.2, 0.25) is 0 Å². The van der Waals surface area contributed by atoms with Crippen molar-refractivity contribution in [3.8, 4) is 5.75 Å². The van der Waals surface area contributed by atoms with Crippen LogP contribution in [0.5, 0.6) is 5.75 Å². The lowest BCUT2D eigenvalue weighted by atomic mass is 10.00. The molecule has 25 heavy (non-hydrogen) atoms. The molecule has 1 saturated heterocycles. The molecule has 6 nitrogen and oxygen atoms in total. The summed E-state index contributed by atoms with van der Waals surface area (Å²) in [6.45, 7) is 8.61. The Morgan fingerprint density at radius 3 is 2.72 bits per heavy atom. The number of para-hydroxylation sites is 1. The van der Waals surface area contributed by atoms with Gasteiger partial charge in [-0.3, -0.25) is 14.6 Å². The molecule has 1 aromatic carbocycles. The van der Waals surface area contributed by atoms with Gasteiger partial charge in [0.2, 0.25) is 5.91 Å². The number of ether oxygens (including phenoxy) is 1. The lowest BCUT2D eigenvalue weighted by Crippen LogP contribution is -2.55. The number of carbonyl (C=O) groups is 1. The number of rotatable bonds is 5. The third-order valence-electron chi connectivity index (χ3n) is 5.13. The largest absolute Gasteiger partial charge is 0.493 e. The van der Waals surface area contributed by atoms with E-state index in [2.05, 4.69) is 15.1 Å². The highest BCUT2D eigenvalue weighted by atomic mass is 16.5. The van der Waals surface area contributed by atoms with Gasteiger partial charge >= 0.3 is 0 Å². The number of nitrogens with zero attached hydrogens (tertiary/aromatic N) is 2. The van der Waals surface area contributed by atoms with Gasteiger partial charge in [-0.1, -0.05) is 18.2 Å². The first-order chi connectivity index (χ1) is 12.0. The zero-order valence-corrected chi connectivity index (χ0v) is 15.1. The number of amides is 1. The molecule has 0 radical (unpaired) electrons. The molecule has 138 valence electrons. The van der Waals surface area contributed by atoms with Crippen molar-refractivity contribution in [2.45, 2.75) is 38.5 Å². The van der Waals surface area contributed by atoms with Crippen LogP contribution in [0.1, 0.15) is 31.9 Å². The number of aliphatic hydroxyl groups excluding tert-OH is 1. The number of hydrogen-bond acceptors (Lipinski definition) is 5. The summed E-state index contributed by atoms with van der Waals surface area (Å²) in [4.78, 5) is 17.2. The van der Waals surface area contributed by atoms with Crippen LogP contribution in [-0.4, -0.2) is 72.3 Å². The number of piperazine rings is 1. The summed E-state index contributed by atoms with van der Waals surface area (Å²) >= 11 is 0. The molecule has 0 saturated carbocycles. The Morgan fingerprint density at radius 1 is 1.28 bits per heavy atom. The summed E-state index contributed by atoms with van der Waals surface area (Å²) < 4.78 is 5.67. The van der Waals surface area contributed by atoms with Crippen molar-refractivity contribution in [1.29, 1.82) is 0 Å². The molecule has 1 amide bonds. The summed E-state index contributed by atoms with van der Waals surface area (Å²) in [5.41, 5.74) is 1.07. The van der Waals surface area contributed by atoms with Gasteiger partial charge in [0.1, 0.15) is 5.75 Å². The minimum atomic E-state index is -0.305. The molecule has 0 aromatic heterocycles. The van der Waals surface area contributed by atoms with Crippen molar-refractivity contribution in [1.82, 2.24) is 15.1 Å². The molecule has 0 unspecified atom stereocenters. The normalized spacial score (nSPS) is 24.0. The third kappa shape index (κ3) is 4.51. The van der Waals surface area contributed by atoms with Crippen molar-refractivity contribution in [2.75, 3.05) is 39.3 Å². The van der Waals surface area contributed by atoms with Gasteiger partial charge in [0.25, 0.3) is 0 Å². The van der Waals surface area contributed by atoms with Crippen molar-refractivity contribution in [2.24, 2.45) is 0 Å². The molecular formula is C19H29N3O3. The maximum atomic E-state index is 12.7. The molecule has 1 aromatic rings. The average Bonchev–Trinajstić information content (AvgIpc) is 2.61. The van der Waals surface area contributed by atoms with Crippen molar-refractivity contribution in [3.05, 3.63) is 29.8 Å². The standard InChI is InChI=1S/C19H29N3O3/c1-14(23)13-21-8-10-22(11-9-21)15(2)19(24)20-17-7-12-25-18-6-4-3-5-16(17)18/h3-6,14-15,17,23H,7-13H2,1-2H3,(H,20,24)/t14-,15+,17-/m0/s1. The zero-order valence-electron chi connectivity index (χ0n) is 15.1. The molecular weight excluding hydrogens is 318 g/mol. The Balaban J connectivity index is 1.54. The molecule has 3 atom stereocenters. The first kappa shape index (κ1) is 18.2. The van der Waals surface area contributed by atoms with Crippen LogP contribution < -0.4 is 10.1 Å². The molecule has 2 N–H and O–H groups in total. The second-order valence-electron chi connectivity index (χ2n) is 7.10. The van der Waals surface area contributed by atoms with E-state index in [1.165, 1.54) is 0 Å². The maximum absolute atomic E-state index is 12.7. The maximum Gasteiger partial charge on any atom is 0.237 e. The van der Waals surface area contributed by atoms with E-state index in [4.69, 9.17) is 4.74 Å². The van der Waals surface area contributed by atoms with Crippen LogP contribution in [0.3, 0.4) is 0 Å². The van der Waals surface area contributed by atoms with Gasteiger partial charge in [-0.15, -0.1) is 0 Å². The Kier molecular flexibility index (Phi) is 5.93. The lowest BCUT2D eigenvalue weighted by Gasteiger charge is -2.38. The summed E-state index contributed by atoms with van der Waals surface area (Å²) in [5, 5.41) is 12.7. The Bertz CT molecular complexity index is 585. The van der Waals surface area contributed by atoms with Crippen molar-refractivity contribution in [3.63, 3.8) is 0 Å². The highest BCUT2D eigenvalue weighted by molar-refractivity contribution is 5.82. The van der Waals surface area contributed by atoms with Gasteiger partial charge in [-0.05, 0) is 19.9 Å². The number of aliphatic hydroxyl groups is 1. The second kappa shape index (κ2) is 8.17. The van der Waals surface area contributed by atoms with E-state index in [0.717, 1.165) is 43.9 Å². The van der Waals surface area contributed by atoms with Gasteiger partial charge in [0.05, 0.1) is 24.8 Å². The Morgan fingerprint density at radius 2 is 2.00 bits per heavy atom. The monoisotopic (exact) mass is 347 g/mol. The van der Waals surface area contributed by atoms with Crippen LogP contribution >= 0.6 is 0 Å². The van der Waals surface area contributed by atoms with E-state index in [1.807, 2.05) is 38.1 Å². The van der Waals surface area contributed by atoms with Crippen LogP contribution in [0.4, 0.5) is 0 Å². The number of carbonyl (C=O) groups excluding carboxylic acids is 1. The molecule has 2 aliphatic heterocycles. The highest BCUT2D eigenvalue weighted by Crippen LogP contribution is 2.31. The quantitative estimate of drug-likeness (QED) is 0.832. The molecule has 2 aliphatic rings. The predicted molar refractivity (Wildman–Crippen MR) is 96.6 cm³/mol. The molecule has 2 heterocycles. The molecule has 1 fully saturated rings. The lowest BCUT2D eigenvalue weighted by molar-refractivity contribution is -0.127. The Labute approximate surface area is 149 Å². The smallest absolute Gasteiger partial charge is 0.237 e. The predicted octanol–water partition coefficient (Wildman–Crippen LogP) is 1.01. The van der Waals surface area contributed by atoms with E-state index < -0.39 is 0 Å². The highest BCUT2D eigenvalue weighted by Gasteiger charge is 2.29. The van der Waals surface area contributed by atoms with E-state index in [-0.39, 0.29) is 24.1 Å². The Hall–Kier alpha value is -1.63. The van der Waals surface area contributed by atoms with Gasteiger partial charge in [-0.2, -0.15) is 0 Å². The molecule has 0 aliphatic carbocycles. The minimum absolute atomic E-state index is 0.0245. The SMILES string of the molecule is C[C@H](O)CN1CCN([C@H](C)C(=O)N[C@H]2CCOc3ccccc32)CC1. The van der Waals surface area contributed by atoms with E-state index in [9.17, 15) is 9.90 Å². The van der Waals surface area contributed by atoms with E-state index in [0.29, 0.717) is 13.2 Å². The van der Waals surface area contributed by atoms with Gasteiger partial charge in [-0.25, -0.2) is 0 Å². The van der Waals surface area contributed by atoms with Crippen molar-refractivity contribution < 1.29 is 14.6 Å². The fourth-order valence-electron chi connectivity index (χ4n) is 3.66. The van der Waals surface area contributed by atoms with E-state index >= 15 is 0 Å². The molecule has 0 spiro atoms. The molecule has 6 heteroatoms. The molecule has 0 bridgehead atoms. The third-order valence-corrected chi connectivity index (χ3v) is 5.13. The number of nitrogens with one attached hydrogen (secondary N) is 1. The first-order valence-electron chi connectivity index (χ1n) is 9.21. The van der Waals surface area contributed by atoms with Crippen LogP contribution in [-0.2, 0) is 4.79 Å². The average molecular weight is 347 g/mol. The number of β-amino-alcohol motifs (C(OH)–C–C–N with tert-alkyl or cyclic N) is 1. The minimum Gasteiger partial charge on any atom is -0.493 e. The van der Waals surface area contributed by atoms with Gasteiger partial charge in [0.15, 0.2) is 0 Å². The van der Waals surface area contributed by atoms with Crippen molar-refractivity contribution >= 4 is 5.91 Å². The first-order valence-corrected chi connectivity index (χ1v) is 9.21. The second-order valence-corrected chi connectivity index (χ2v) is 7.10. The van der Waals surface area contributed by atoms with Crippen LogP contribution in [0.15, 0.2) is 24.3 Å². The van der Waals surface area contributed by atoms with Gasteiger partial charge < -0.3 is 15.2 Å². The molecule has 3 rings (SSSR count). The summed E-state index contributed by atoms with van der Waals surface area (Å²) in [5.74, 6) is 0.948. The number of benzene rings is 1. The fourth-order valence-corrected chi connectivity index (χ4v) is 3.66. The van der Waals surface area contributed by atoms with Crippen LogP contribution in [0.25, 0.3) is 0 Å². The zero-order chi connectivity index (χ0) is 17.8. The summed E-state index contributed by atoms with van der Waals surface area (Å²) in [6, 6.07) is 7.80. The fraction of sp³-hybridized carbons (Fsp3) is 0.632. The number of fused-ring (bicyclic) bond motifs is 1.